The van der Waals surface area contributed by atoms with E-state index < -0.39 is 0 Å². The molecule has 1 N–H and O–H groups in total. The zero-order valence-corrected chi connectivity index (χ0v) is 15.7. The van der Waals surface area contributed by atoms with Crippen molar-refractivity contribution < 1.29 is 4.79 Å². The van der Waals surface area contributed by atoms with E-state index >= 15 is 0 Å². The number of H-pyrrole nitrogens is 1. The lowest BCUT2D eigenvalue weighted by molar-refractivity contribution is 0.0989. The summed E-state index contributed by atoms with van der Waals surface area (Å²) in [6.45, 7) is 4.07. The van der Waals surface area contributed by atoms with Crippen molar-refractivity contribution in [2.75, 3.05) is 0 Å². The lowest BCUT2D eigenvalue weighted by atomic mass is 10.0. The first-order chi connectivity index (χ1) is 12.6. The van der Waals surface area contributed by atoms with Crippen LogP contribution in [0.1, 0.15) is 56.9 Å². The van der Waals surface area contributed by atoms with Crippen LogP contribution in [-0.4, -0.2) is 21.0 Å². The smallest absolute Gasteiger partial charge is 0.209 e. The normalized spacial score (nSPS) is 15.0. The molecule has 3 aromatic rings. The molecule has 0 radical (unpaired) electrons. The Kier molecular flexibility index (Phi) is 4.64. The topological polar surface area (TPSA) is 58.6 Å². The summed E-state index contributed by atoms with van der Waals surface area (Å²) in [4.78, 5) is 17.8. The second-order valence-electron chi connectivity index (χ2n) is 6.92. The number of Topliss-reactive ketones (excluding diaryl/α,β-unsaturated/α-hetero) is 1. The maximum Gasteiger partial charge on any atom is 0.209 e. The maximum atomic E-state index is 13.2. The van der Waals surface area contributed by atoms with E-state index in [2.05, 4.69) is 15.2 Å². The van der Waals surface area contributed by atoms with Gasteiger partial charge in [-0.2, -0.15) is 0 Å². The summed E-state index contributed by atoms with van der Waals surface area (Å²) in [6, 6.07) is 15.9. The Labute approximate surface area is 157 Å². The fraction of sp³-hybridized carbons (Fsp3) is 0.286. The summed E-state index contributed by atoms with van der Waals surface area (Å²) in [5, 5.41) is 7.63. The number of nitrogens with one attached hydrogen (secondary N) is 1. The predicted octanol–water partition coefficient (Wildman–Crippen LogP) is 5.02. The quantitative estimate of drug-likeness (QED) is 0.494. The van der Waals surface area contributed by atoms with Gasteiger partial charge in [0.25, 0.3) is 0 Å². The largest absolute Gasteiger partial charge is 0.293 e. The predicted molar refractivity (Wildman–Crippen MR) is 104 cm³/mol. The fourth-order valence-electron chi connectivity index (χ4n) is 2.84. The van der Waals surface area contributed by atoms with Gasteiger partial charge in [-0.3, -0.25) is 9.89 Å². The highest BCUT2D eigenvalue weighted by Crippen LogP contribution is 2.40. The van der Waals surface area contributed by atoms with E-state index in [0.717, 1.165) is 17.0 Å². The number of aryl methyl sites for hydroxylation is 2. The third kappa shape index (κ3) is 3.73. The summed E-state index contributed by atoms with van der Waals surface area (Å²) >= 11 is 1.42. The van der Waals surface area contributed by atoms with Gasteiger partial charge >= 0.3 is 0 Å². The standard InChI is InChI=1S/C21H21N3OS/c1-13-3-7-15(8-4-13)18(25)19(16-9-5-14(2)6-10-16)26-21-22-20(23-24-21)17-11-12-17/h3-10,17,19H,11-12H2,1-2H3,(H,22,23,24). The van der Waals surface area contributed by atoms with E-state index in [0.29, 0.717) is 16.6 Å². The number of benzene rings is 2. The van der Waals surface area contributed by atoms with Crippen molar-refractivity contribution in [3.63, 3.8) is 0 Å². The summed E-state index contributed by atoms with van der Waals surface area (Å²) in [5.41, 5.74) is 4.01. The lowest BCUT2D eigenvalue weighted by Crippen LogP contribution is -2.10. The third-order valence-corrected chi connectivity index (χ3v) is 5.74. The Morgan fingerprint density at radius 3 is 2.27 bits per heavy atom. The van der Waals surface area contributed by atoms with Gasteiger partial charge in [0.1, 0.15) is 11.1 Å². The third-order valence-electron chi connectivity index (χ3n) is 4.62. The minimum Gasteiger partial charge on any atom is -0.293 e. The number of carbonyl (C=O) groups is 1. The second-order valence-corrected chi connectivity index (χ2v) is 7.99. The highest BCUT2D eigenvalue weighted by Gasteiger charge is 2.29. The maximum absolute atomic E-state index is 13.2. The van der Waals surface area contributed by atoms with Gasteiger partial charge in [-0.1, -0.05) is 71.4 Å². The molecule has 1 aliphatic rings. The molecule has 0 amide bonds. The molecule has 26 heavy (non-hydrogen) atoms. The number of ketones is 1. The average Bonchev–Trinajstić information content (AvgIpc) is 3.40. The number of aromatic amines is 1. The molecule has 1 saturated carbocycles. The van der Waals surface area contributed by atoms with Crippen LogP contribution < -0.4 is 0 Å². The van der Waals surface area contributed by atoms with Crippen LogP contribution in [-0.2, 0) is 0 Å². The molecule has 2 aromatic carbocycles. The molecule has 0 saturated heterocycles. The van der Waals surface area contributed by atoms with E-state index in [4.69, 9.17) is 0 Å². The minimum atomic E-state index is -0.360. The molecule has 1 aromatic heterocycles. The van der Waals surface area contributed by atoms with E-state index in [1.54, 1.807) is 0 Å². The summed E-state index contributed by atoms with van der Waals surface area (Å²) in [6.07, 6.45) is 2.34. The van der Waals surface area contributed by atoms with Gasteiger partial charge < -0.3 is 0 Å². The molecule has 4 nitrogen and oxygen atoms in total. The van der Waals surface area contributed by atoms with Crippen molar-refractivity contribution in [2.45, 2.75) is 43.0 Å². The number of rotatable bonds is 6. The van der Waals surface area contributed by atoms with Crippen molar-refractivity contribution in [1.29, 1.82) is 0 Å². The Morgan fingerprint density at radius 1 is 1.04 bits per heavy atom. The molecule has 0 aliphatic heterocycles. The number of hydrogen-bond acceptors (Lipinski definition) is 4. The highest BCUT2D eigenvalue weighted by atomic mass is 32.2. The molecule has 1 aliphatic carbocycles. The molecule has 1 fully saturated rings. The van der Waals surface area contributed by atoms with Crippen molar-refractivity contribution in [2.24, 2.45) is 0 Å². The molecule has 0 spiro atoms. The van der Waals surface area contributed by atoms with Gasteiger partial charge in [0.15, 0.2) is 5.78 Å². The number of hydrogen-bond donors (Lipinski definition) is 1. The fourth-order valence-corrected chi connectivity index (χ4v) is 3.84. The number of thioether (sulfide) groups is 1. The van der Waals surface area contributed by atoms with Gasteiger partial charge in [-0.25, -0.2) is 4.98 Å². The molecular weight excluding hydrogens is 342 g/mol. The van der Waals surface area contributed by atoms with Gasteiger partial charge in [0, 0.05) is 11.5 Å². The average molecular weight is 363 g/mol. The van der Waals surface area contributed by atoms with E-state index in [1.807, 2.05) is 62.4 Å². The molecular formula is C21H21N3OS. The van der Waals surface area contributed by atoms with Crippen LogP contribution in [0.15, 0.2) is 53.7 Å². The van der Waals surface area contributed by atoms with Crippen molar-refractivity contribution in [1.82, 2.24) is 15.2 Å². The van der Waals surface area contributed by atoms with E-state index in [1.165, 1.54) is 30.2 Å². The molecule has 1 unspecified atom stereocenters. The Morgan fingerprint density at radius 2 is 1.65 bits per heavy atom. The lowest BCUT2D eigenvalue weighted by Gasteiger charge is -2.15. The van der Waals surface area contributed by atoms with Crippen LogP contribution in [0.4, 0.5) is 0 Å². The monoisotopic (exact) mass is 363 g/mol. The van der Waals surface area contributed by atoms with Crippen LogP contribution in [0.2, 0.25) is 0 Å². The number of aromatic nitrogens is 3. The van der Waals surface area contributed by atoms with Crippen molar-refractivity contribution in [3.05, 3.63) is 76.6 Å². The SMILES string of the molecule is Cc1ccc(C(=O)C(Sc2n[nH]c(C3CC3)n2)c2ccc(C)cc2)cc1. The first-order valence-corrected chi connectivity index (χ1v) is 9.74. The summed E-state index contributed by atoms with van der Waals surface area (Å²) in [5.74, 6) is 1.54. The second kappa shape index (κ2) is 7.08. The van der Waals surface area contributed by atoms with Crippen molar-refractivity contribution in [3.8, 4) is 0 Å². The number of nitrogens with zero attached hydrogens (tertiary/aromatic N) is 2. The highest BCUT2D eigenvalue weighted by molar-refractivity contribution is 8.00. The first-order valence-electron chi connectivity index (χ1n) is 8.86. The van der Waals surface area contributed by atoms with E-state index in [9.17, 15) is 4.79 Å². The summed E-state index contributed by atoms with van der Waals surface area (Å²) < 4.78 is 0. The molecule has 1 atom stereocenters. The van der Waals surface area contributed by atoms with Gasteiger partial charge in [-0.05, 0) is 32.3 Å². The van der Waals surface area contributed by atoms with Crippen LogP contribution in [0.25, 0.3) is 0 Å². The van der Waals surface area contributed by atoms with Crippen LogP contribution >= 0.6 is 11.8 Å². The zero-order chi connectivity index (χ0) is 18.1. The zero-order valence-electron chi connectivity index (χ0n) is 14.9. The van der Waals surface area contributed by atoms with E-state index in [-0.39, 0.29) is 11.0 Å². The number of carbonyl (C=O) groups excluding carboxylic acids is 1. The molecule has 4 rings (SSSR count). The first kappa shape index (κ1) is 17.0. The van der Waals surface area contributed by atoms with Crippen LogP contribution in [0.5, 0.6) is 0 Å². The summed E-state index contributed by atoms with van der Waals surface area (Å²) in [7, 11) is 0. The molecule has 132 valence electrons. The minimum absolute atomic E-state index is 0.0802. The van der Waals surface area contributed by atoms with Gasteiger partial charge in [0.05, 0.1) is 0 Å². The molecule has 5 heteroatoms. The van der Waals surface area contributed by atoms with Crippen molar-refractivity contribution >= 4 is 17.5 Å². The Balaban J connectivity index is 1.64. The Bertz CT molecular complexity index is 911. The molecule has 0 bridgehead atoms. The Hall–Kier alpha value is -2.40. The van der Waals surface area contributed by atoms with Crippen LogP contribution in [0, 0.1) is 13.8 Å². The van der Waals surface area contributed by atoms with Crippen LogP contribution in [0.3, 0.4) is 0 Å². The van der Waals surface area contributed by atoms with Gasteiger partial charge in [0.2, 0.25) is 5.16 Å². The van der Waals surface area contributed by atoms with Gasteiger partial charge in [-0.15, -0.1) is 5.10 Å². The molecule has 1 heterocycles.